The average Bonchev–Trinajstić information content (AvgIpc) is 3.25. The summed E-state index contributed by atoms with van der Waals surface area (Å²) in [5, 5.41) is 9.54. The van der Waals surface area contributed by atoms with Gasteiger partial charge in [0.1, 0.15) is 0 Å². The predicted molar refractivity (Wildman–Crippen MR) is 91.2 cm³/mol. The Balaban J connectivity index is 1.86. The molecule has 0 saturated carbocycles. The minimum Gasteiger partial charge on any atom is -0.378 e. The molecule has 1 saturated heterocycles. The molecule has 1 unspecified atom stereocenters. The topological polar surface area (TPSA) is 71.2 Å². The SMILES string of the molecule is N#Cc1ccc(C2(C(=O)N3CCOCC3)CCc3cncn32)c(Cl)c1. The molecule has 0 aliphatic carbocycles. The van der Waals surface area contributed by atoms with E-state index in [0.717, 1.165) is 17.7 Å². The lowest BCUT2D eigenvalue weighted by Gasteiger charge is -2.38. The number of imidazole rings is 1. The van der Waals surface area contributed by atoms with Crippen molar-refractivity contribution in [1.82, 2.24) is 14.5 Å². The zero-order valence-corrected chi connectivity index (χ0v) is 14.4. The Morgan fingerprint density at radius 2 is 2.16 bits per heavy atom. The molecule has 25 heavy (non-hydrogen) atoms. The van der Waals surface area contributed by atoms with Crippen molar-refractivity contribution >= 4 is 17.5 Å². The van der Waals surface area contributed by atoms with Crippen molar-refractivity contribution in [2.75, 3.05) is 26.3 Å². The highest BCUT2D eigenvalue weighted by atomic mass is 35.5. The van der Waals surface area contributed by atoms with E-state index in [9.17, 15) is 4.79 Å². The van der Waals surface area contributed by atoms with Gasteiger partial charge in [-0.05, 0) is 25.0 Å². The highest BCUT2D eigenvalue weighted by molar-refractivity contribution is 6.32. The first-order chi connectivity index (χ1) is 12.2. The second-order valence-electron chi connectivity index (χ2n) is 6.33. The highest BCUT2D eigenvalue weighted by Gasteiger charge is 2.49. The minimum absolute atomic E-state index is 0.0131. The lowest BCUT2D eigenvalue weighted by molar-refractivity contribution is -0.142. The number of carbonyl (C=O) groups excluding carboxylic acids is 1. The van der Waals surface area contributed by atoms with Crippen LogP contribution >= 0.6 is 11.6 Å². The van der Waals surface area contributed by atoms with E-state index in [1.807, 2.05) is 9.47 Å². The fourth-order valence-electron chi connectivity index (χ4n) is 3.82. The molecule has 1 amide bonds. The molecule has 128 valence electrons. The van der Waals surface area contributed by atoms with Crippen LogP contribution in [0.4, 0.5) is 0 Å². The molecule has 2 aromatic rings. The molecule has 3 heterocycles. The number of ether oxygens (including phenoxy) is 1. The highest BCUT2D eigenvalue weighted by Crippen LogP contribution is 2.43. The van der Waals surface area contributed by atoms with Crippen molar-refractivity contribution in [3.63, 3.8) is 0 Å². The van der Waals surface area contributed by atoms with Gasteiger partial charge in [0, 0.05) is 35.6 Å². The Kier molecular flexibility index (Phi) is 3.98. The molecule has 4 rings (SSSR count). The Bertz CT molecular complexity index is 866. The lowest BCUT2D eigenvalue weighted by atomic mass is 9.85. The molecule has 6 nitrogen and oxygen atoms in total. The van der Waals surface area contributed by atoms with Crippen molar-refractivity contribution in [3.05, 3.63) is 52.6 Å². The summed E-state index contributed by atoms with van der Waals surface area (Å²) in [5.74, 6) is 0.0131. The van der Waals surface area contributed by atoms with E-state index in [0.29, 0.717) is 43.3 Å². The van der Waals surface area contributed by atoms with Crippen molar-refractivity contribution in [2.45, 2.75) is 18.4 Å². The zero-order chi connectivity index (χ0) is 17.4. The molecule has 1 fully saturated rings. The number of fused-ring (bicyclic) bond motifs is 1. The first-order valence-corrected chi connectivity index (χ1v) is 8.63. The van der Waals surface area contributed by atoms with E-state index in [4.69, 9.17) is 21.6 Å². The molecule has 2 aliphatic heterocycles. The fraction of sp³-hybridized carbons (Fsp3) is 0.389. The van der Waals surface area contributed by atoms with Crippen LogP contribution in [0.1, 0.15) is 23.2 Å². The van der Waals surface area contributed by atoms with E-state index < -0.39 is 5.54 Å². The number of hydrogen-bond acceptors (Lipinski definition) is 4. The number of nitrogens with zero attached hydrogens (tertiary/aromatic N) is 4. The second-order valence-corrected chi connectivity index (χ2v) is 6.73. The van der Waals surface area contributed by atoms with E-state index in [1.165, 1.54) is 0 Å². The quantitative estimate of drug-likeness (QED) is 0.824. The maximum atomic E-state index is 13.6. The Morgan fingerprint density at radius 3 is 2.88 bits per heavy atom. The molecule has 1 aromatic carbocycles. The number of carbonyl (C=O) groups is 1. The summed E-state index contributed by atoms with van der Waals surface area (Å²) < 4.78 is 7.33. The van der Waals surface area contributed by atoms with Gasteiger partial charge in [-0.2, -0.15) is 5.26 Å². The van der Waals surface area contributed by atoms with Crippen LogP contribution in [0.25, 0.3) is 0 Å². The molecule has 0 N–H and O–H groups in total. The van der Waals surface area contributed by atoms with Gasteiger partial charge in [-0.3, -0.25) is 4.79 Å². The summed E-state index contributed by atoms with van der Waals surface area (Å²) in [5.41, 5.74) is 1.31. The Hall–Kier alpha value is -2.36. The van der Waals surface area contributed by atoms with Crippen LogP contribution in [0.2, 0.25) is 5.02 Å². The molecule has 7 heteroatoms. The number of aryl methyl sites for hydroxylation is 1. The summed E-state index contributed by atoms with van der Waals surface area (Å²) in [4.78, 5) is 19.7. The number of rotatable bonds is 2. The largest absolute Gasteiger partial charge is 0.378 e. The maximum absolute atomic E-state index is 13.6. The summed E-state index contributed by atoms with van der Waals surface area (Å²) in [6.07, 6.45) is 4.89. The first kappa shape index (κ1) is 16.1. The van der Waals surface area contributed by atoms with Crippen LogP contribution in [-0.4, -0.2) is 46.7 Å². The minimum atomic E-state index is -0.908. The molecular weight excluding hydrogens is 340 g/mol. The number of aromatic nitrogens is 2. The van der Waals surface area contributed by atoms with Crippen LogP contribution in [0.3, 0.4) is 0 Å². The van der Waals surface area contributed by atoms with Crippen LogP contribution in [0.15, 0.2) is 30.7 Å². The monoisotopic (exact) mass is 356 g/mol. The number of benzene rings is 1. The molecule has 0 spiro atoms. The Labute approximate surface area is 150 Å². The number of hydrogen-bond donors (Lipinski definition) is 0. The van der Waals surface area contributed by atoms with Gasteiger partial charge in [0.15, 0.2) is 5.54 Å². The summed E-state index contributed by atoms with van der Waals surface area (Å²) >= 11 is 6.51. The van der Waals surface area contributed by atoms with E-state index in [2.05, 4.69) is 11.1 Å². The third-order valence-electron chi connectivity index (χ3n) is 5.07. The van der Waals surface area contributed by atoms with Crippen molar-refractivity contribution in [1.29, 1.82) is 5.26 Å². The molecule has 0 radical (unpaired) electrons. The van der Waals surface area contributed by atoms with Crippen LogP contribution < -0.4 is 0 Å². The molecule has 1 aromatic heterocycles. The van der Waals surface area contributed by atoms with Gasteiger partial charge >= 0.3 is 0 Å². The fourth-order valence-corrected chi connectivity index (χ4v) is 4.16. The molecule has 2 aliphatic rings. The van der Waals surface area contributed by atoms with Gasteiger partial charge in [0.05, 0.1) is 31.2 Å². The normalized spacial score (nSPS) is 22.5. The van der Waals surface area contributed by atoms with Crippen molar-refractivity contribution in [2.24, 2.45) is 0 Å². The summed E-state index contributed by atoms with van der Waals surface area (Å²) in [6.45, 7) is 2.22. The maximum Gasteiger partial charge on any atom is 0.253 e. The van der Waals surface area contributed by atoms with Crippen molar-refractivity contribution < 1.29 is 9.53 Å². The van der Waals surface area contributed by atoms with Gasteiger partial charge in [-0.1, -0.05) is 17.7 Å². The lowest BCUT2D eigenvalue weighted by Crippen LogP contribution is -2.53. The number of nitriles is 1. The van der Waals surface area contributed by atoms with Gasteiger partial charge in [0.2, 0.25) is 0 Å². The van der Waals surface area contributed by atoms with Gasteiger partial charge in [0.25, 0.3) is 5.91 Å². The molecule has 0 bridgehead atoms. The van der Waals surface area contributed by atoms with E-state index >= 15 is 0 Å². The number of amides is 1. The standard InChI is InChI=1S/C18H17ClN4O2/c19-16-9-13(10-20)1-2-15(16)18(4-3-14-11-21-12-23(14)18)17(24)22-5-7-25-8-6-22/h1-2,9,11-12H,3-8H2. The van der Waals surface area contributed by atoms with E-state index in [-0.39, 0.29) is 5.91 Å². The van der Waals surface area contributed by atoms with Gasteiger partial charge in [-0.15, -0.1) is 0 Å². The molecular formula is C18H17ClN4O2. The second kappa shape index (κ2) is 6.17. The summed E-state index contributed by atoms with van der Waals surface area (Å²) in [7, 11) is 0. The zero-order valence-electron chi connectivity index (χ0n) is 13.6. The van der Waals surface area contributed by atoms with Crippen molar-refractivity contribution in [3.8, 4) is 6.07 Å². The smallest absolute Gasteiger partial charge is 0.253 e. The predicted octanol–water partition coefficient (Wildman–Crippen LogP) is 1.96. The summed E-state index contributed by atoms with van der Waals surface area (Å²) in [6, 6.07) is 7.23. The van der Waals surface area contributed by atoms with Crippen LogP contribution in [0, 0.1) is 11.3 Å². The van der Waals surface area contributed by atoms with Gasteiger partial charge < -0.3 is 14.2 Å². The number of morpholine rings is 1. The first-order valence-electron chi connectivity index (χ1n) is 8.26. The number of halogens is 1. The molecule has 1 atom stereocenters. The van der Waals surface area contributed by atoms with E-state index in [1.54, 1.807) is 30.7 Å². The Morgan fingerprint density at radius 1 is 1.36 bits per heavy atom. The average molecular weight is 357 g/mol. The van der Waals surface area contributed by atoms with Gasteiger partial charge in [-0.25, -0.2) is 4.98 Å². The third-order valence-corrected chi connectivity index (χ3v) is 5.38. The third kappa shape index (κ3) is 2.43. The van der Waals surface area contributed by atoms with Crippen LogP contribution in [-0.2, 0) is 21.5 Å². The van der Waals surface area contributed by atoms with Crippen LogP contribution in [0.5, 0.6) is 0 Å².